The molecule has 0 bridgehead atoms. The van der Waals surface area contributed by atoms with Crippen LogP contribution in [0.2, 0.25) is 0 Å². The van der Waals surface area contributed by atoms with E-state index in [9.17, 15) is 14.4 Å². The summed E-state index contributed by atoms with van der Waals surface area (Å²) in [5.74, 6) is 6.46. The molecule has 1 N–H and O–H groups in total. The van der Waals surface area contributed by atoms with Gasteiger partial charge >= 0.3 is 5.97 Å². The Labute approximate surface area is 219 Å². The monoisotopic (exact) mass is 522 g/mol. The molecular formula is C27H26N2O5S2. The van der Waals surface area contributed by atoms with Crippen LogP contribution in [0.3, 0.4) is 0 Å². The molecule has 2 aromatic rings. The Balaban J connectivity index is 1.46. The molecule has 36 heavy (non-hydrogen) atoms. The van der Waals surface area contributed by atoms with E-state index in [4.69, 9.17) is 9.47 Å². The number of carbonyl (C=O) groups excluding carboxylic acids is 3. The minimum atomic E-state index is -0.683. The SMILES string of the molecule is CC#CCSC1=C(C(=O)OCc2ccc(OC)cc2)N2C(=O)[C@@H](NC(=O)Cc3ccccc3)[C@H]2SC1. The Morgan fingerprint density at radius 1 is 1.14 bits per heavy atom. The molecule has 0 aliphatic carbocycles. The number of amides is 2. The fourth-order valence-corrected chi connectivity index (χ4v) is 6.27. The van der Waals surface area contributed by atoms with Crippen molar-refractivity contribution in [2.75, 3.05) is 18.6 Å². The van der Waals surface area contributed by atoms with Crippen molar-refractivity contribution in [3.63, 3.8) is 0 Å². The normalized spacial score (nSPS) is 18.4. The second kappa shape index (κ2) is 12.1. The Kier molecular flexibility index (Phi) is 8.62. The molecule has 0 aromatic heterocycles. The second-order valence-corrected chi connectivity index (χ2v) is 10.2. The van der Waals surface area contributed by atoms with E-state index in [1.165, 1.54) is 28.4 Å². The van der Waals surface area contributed by atoms with Crippen LogP contribution in [0.25, 0.3) is 0 Å². The largest absolute Gasteiger partial charge is 0.497 e. The van der Waals surface area contributed by atoms with Crippen LogP contribution in [0.4, 0.5) is 0 Å². The first-order chi connectivity index (χ1) is 17.5. The van der Waals surface area contributed by atoms with Crippen LogP contribution in [0.15, 0.2) is 65.2 Å². The van der Waals surface area contributed by atoms with Crippen LogP contribution in [0.5, 0.6) is 5.75 Å². The molecule has 2 aromatic carbocycles. The van der Waals surface area contributed by atoms with Gasteiger partial charge < -0.3 is 14.8 Å². The Bertz CT molecular complexity index is 1220. The van der Waals surface area contributed by atoms with Crippen molar-refractivity contribution in [2.24, 2.45) is 0 Å². The zero-order valence-electron chi connectivity index (χ0n) is 20.0. The molecule has 2 heterocycles. The van der Waals surface area contributed by atoms with Crippen LogP contribution < -0.4 is 10.1 Å². The highest BCUT2D eigenvalue weighted by atomic mass is 32.2. The first-order valence-electron chi connectivity index (χ1n) is 11.4. The molecule has 1 fully saturated rings. The predicted molar refractivity (Wildman–Crippen MR) is 141 cm³/mol. The van der Waals surface area contributed by atoms with E-state index in [2.05, 4.69) is 17.2 Å². The third-order valence-corrected chi connectivity index (χ3v) is 8.11. The van der Waals surface area contributed by atoms with Gasteiger partial charge in [-0.15, -0.1) is 29.4 Å². The number of rotatable bonds is 9. The maximum absolute atomic E-state index is 13.2. The molecule has 4 rings (SSSR count). The minimum absolute atomic E-state index is 0.0656. The molecular weight excluding hydrogens is 496 g/mol. The Morgan fingerprint density at radius 3 is 2.58 bits per heavy atom. The fraction of sp³-hybridized carbons (Fsp3) is 0.296. The van der Waals surface area contributed by atoms with E-state index in [0.29, 0.717) is 17.3 Å². The lowest BCUT2D eigenvalue weighted by Gasteiger charge is -2.49. The number of benzene rings is 2. The van der Waals surface area contributed by atoms with Crippen molar-refractivity contribution in [2.45, 2.75) is 31.4 Å². The van der Waals surface area contributed by atoms with Gasteiger partial charge in [-0.3, -0.25) is 14.5 Å². The summed E-state index contributed by atoms with van der Waals surface area (Å²) >= 11 is 2.95. The van der Waals surface area contributed by atoms with Crippen molar-refractivity contribution in [1.29, 1.82) is 0 Å². The molecule has 7 nitrogen and oxygen atoms in total. The highest BCUT2D eigenvalue weighted by Gasteiger charge is 2.54. The molecule has 0 saturated carbocycles. The van der Waals surface area contributed by atoms with Gasteiger partial charge in [-0.25, -0.2) is 4.79 Å². The maximum atomic E-state index is 13.2. The quantitative estimate of drug-likeness (QED) is 0.307. The second-order valence-electron chi connectivity index (χ2n) is 8.03. The molecule has 0 unspecified atom stereocenters. The van der Waals surface area contributed by atoms with Gasteiger partial charge in [0.1, 0.15) is 29.5 Å². The van der Waals surface area contributed by atoms with Crippen LogP contribution in [-0.4, -0.2) is 52.7 Å². The molecule has 1 saturated heterocycles. The summed E-state index contributed by atoms with van der Waals surface area (Å²) in [6.45, 7) is 1.82. The van der Waals surface area contributed by atoms with E-state index in [-0.39, 0.29) is 35.9 Å². The molecule has 186 valence electrons. The molecule has 2 amide bonds. The molecule has 0 radical (unpaired) electrons. The van der Waals surface area contributed by atoms with Crippen LogP contribution >= 0.6 is 23.5 Å². The van der Waals surface area contributed by atoms with Gasteiger partial charge in [-0.2, -0.15) is 0 Å². The number of thioether (sulfide) groups is 2. The minimum Gasteiger partial charge on any atom is -0.497 e. The number of ether oxygens (including phenoxy) is 2. The van der Waals surface area contributed by atoms with E-state index < -0.39 is 12.0 Å². The molecule has 2 atom stereocenters. The summed E-state index contributed by atoms with van der Waals surface area (Å²) in [7, 11) is 1.59. The highest BCUT2D eigenvalue weighted by molar-refractivity contribution is 8.06. The average molecular weight is 523 g/mol. The van der Waals surface area contributed by atoms with Gasteiger partial charge in [0, 0.05) is 10.7 Å². The number of carbonyl (C=O) groups is 3. The predicted octanol–water partition coefficient (Wildman–Crippen LogP) is 3.35. The van der Waals surface area contributed by atoms with Gasteiger partial charge in [0.25, 0.3) is 5.91 Å². The Hall–Kier alpha value is -3.35. The van der Waals surface area contributed by atoms with Crippen molar-refractivity contribution in [3.8, 4) is 17.6 Å². The zero-order chi connectivity index (χ0) is 25.5. The first-order valence-corrected chi connectivity index (χ1v) is 13.4. The summed E-state index contributed by atoms with van der Waals surface area (Å²) in [5, 5.41) is 2.48. The number of nitrogens with zero attached hydrogens (tertiary/aromatic N) is 1. The molecule has 0 spiro atoms. The number of fused-ring (bicyclic) bond motifs is 1. The van der Waals surface area contributed by atoms with E-state index in [0.717, 1.165) is 16.0 Å². The van der Waals surface area contributed by atoms with Crippen LogP contribution in [0, 0.1) is 11.8 Å². The van der Waals surface area contributed by atoms with Crippen LogP contribution in [0.1, 0.15) is 18.1 Å². The van der Waals surface area contributed by atoms with Crippen molar-refractivity contribution in [1.82, 2.24) is 10.2 Å². The lowest BCUT2D eigenvalue weighted by Crippen LogP contribution is -2.70. The molecule has 2 aliphatic heterocycles. The molecule has 2 aliphatic rings. The number of methoxy groups -OCH3 is 1. The standard InChI is InChI=1S/C27H26N2O5S2/c1-3-4-14-35-21-17-36-26-23(28-22(30)15-18-8-6-5-7-9-18)25(31)29(26)24(21)27(32)34-16-19-10-12-20(33-2)13-11-19/h5-13,23,26H,14-17H2,1-2H3,(H,28,30)/t23-,26-/m1/s1. The fourth-order valence-electron chi connectivity index (χ4n) is 3.83. The van der Waals surface area contributed by atoms with Crippen molar-refractivity contribution >= 4 is 41.3 Å². The smallest absolute Gasteiger partial charge is 0.356 e. The summed E-state index contributed by atoms with van der Waals surface area (Å²) < 4.78 is 10.8. The third kappa shape index (κ3) is 5.89. The third-order valence-electron chi connectivity index (χ3n) is 5.68. The summed E-state index contributed by atoms with van der Waals surface area (Å²) in [5.41, 5.74) is 1.92. The maximum Gasteiger partial charge on any atom is 0.356 e. The van der Waals surface area contributed by atoms with Gasteiger partial charge in [0.2, 0.25) is 5.91 Å². The first kappa shape index (κ1) is 25.7. The van der Waals surface area contributed by atoms with Gasteiger partial charge in [0.05, 0.1) is 19.3 Å². The average Bonchev–Trinajstić information content (AvgIpc) is 2.91. The van der Waals surface area contributed by atoms with Crippen molar-refractivity contribution < 1.29 is 23.9 Å². The van der Waals surface area contributed by atoms with E-state index in [1.807, 2.05) is 42.5 Å². The number of hydrogen-bond donors (Lipinski definition) is 1. The number of hydrogen-bond acceptors (Lipinski definition) is 7. The molecule has 9 heteroatoms. The summed E-state index contributed by atoms with van der Waals surface area (Å²) in [6.07, 6.45) is 0.186. The summed E-state index contributed by atoms with van der Waals surface area (Å²) in [6, 6.07) is 15.9. The van der Waals surface area contributed by atoms with Gasteiger partial charge in [-0.1, -0.05) is 48.4 Å². The van der Waals surface area contributed by atoms with E-state index >= 15 is 0 Å². The Morgan fingerprint density at radius 2 is 1.89 bits per heavy atom. The van der Waals surface area contributed by atoms with Crippen molar-refractivity contribution in [3.05, 3.63) is 76.3 Å². The van der Waals surface area contributed by atoms with Gasteiger partial charge in [0.15, 0.2) is 0 Å². The summed E-state index contributed by atoms with van der Waals surface area (Å²) in [4.78, 5) is 41.1. The van der Waals surface area contributed by atoms with Gasteiger partial charge in [-0.05, 0) is 30.2 Å². The highest BCUT2D eigenvalue weighted by Crippen LogP contribution is 2.43. The number of nitrogens with one attached hydrogen (secondary N) is 1. The van der Waals surface area contributed by atoms with Crippen LogP contribution in [-0.2, 0) is 32.1 Å². The lowest BCUT2D eigenvalue weighted by atomic mass is 10.0. The topological polar surface area (TPSA) is 84.9 Å². The van der Waals surface area contributed by atoms with E-state index in [1.54, 1.807) is 26.2 Å². The lowest BCUT2D eigenvalue weighted by molar-refractivity contribution is -0.153. The number of esters is 1. The number of β-lactam (4-membered cyclic amide) rings is 1. The zero-order valence-corrected chi connectivity index (χ0v) is 21.6.